The van der Waals surface area contributed by atoms with Crippen LogP contribution in [-0.2, 0) is 6.54 Å². The Balaban J connectivity index is 2.10. The maximum absolute atomic E-state index is 9.81. The quantitative estimate of drug-likeness (QED) is 0.703. The molecule has 0 bridgehead atoms. The predicted molar refractivity (Wildman–Crippen MR) is 91.1 cm³/mol. The minimum atomic E-state index is 0.286. The van der Waals surface area contributed by atoms with Crippen LogP contribution in [0.25, 0.3) is 0 Å². The summed E-state index contributed by atoms with van der Waals surface area (Å²) < 4.78 is 1.53. The van der Waals surface area contributed by atoms with Crippen molar-refractivity contribution < 1.29 is 5.11 Å². The van der Waals surface area contributed by atoms with Crippen LogP contribution >= 0.6 is 31.9 Å². The van der Waals surface area contributed by atoms with E-state index in [-0.39, 0.29) is 5.75 Å². The van der Waals surface area contributed by atoms with Crippen molar-refractivity contribution in [3.8, 4) is 5.75 Å². The van der Waals surface area contributed by atoms with E-state index < -0.39 is 0 Å². The number of nitrogens with zero attached hydrogens (tertiary/aromatic N) is 1. The molecular weight excluding hydrogens is 382 g/mol. The van der Waals surface area contributed by atoms with E-state index in [1.165, 1.54) is 44.1 Å². The summed E-state index contributed by atoms with van der Waals surface area (Å²) in [5.74, 6) is 0.286. The molecule has 1 aromatic rings. The van der Waals surface area contributed by atoms with Crippen molar-refractivity contribution >= 4 is 31.9 Å². The third kappa shape index (κ3) is 4.22. The molecular formula is C16H23Br2NO. The number of rotatable bonds is 5. The molecule has 0 radical (unpaired) electrons. The first-order valence-electron chi connectivity index (χ1n) is 7.52. The van der Waals surface area contributed by atoms with Crippen molar-refractivity contribution in [2.24, 2.45) is 0 Å². The first-order valence-corrected chi connectivity index (χ1v) is 9.11. The maximum Gasteiger partial charge on any atom is 0.143 e. The highest BCUT2D eigenvalue weighted by Crippen LogP contribution is 2.34. The van der Waals surface area contributed by atoms with Crippen molar-refractivity contribution in [2.45, 2.75) is 58.0 Å². The summed E-state index contributed by atoms with van der Waals surface area (Å²) in [6.07, 6.45) is 7.99. The Bertz CT molecular complexity index is 421. The molecule has 2 nitrogen and oxygen atoms in total. The molecule has 0 amide bonds. The van der Waals surface area contributed by atoms with Crippen molar-refractivity contribution in [3.63, 3.8) is 0 Å². The van der Waals surface area contributed by atoms with Crippen LogP contribution in [0.15, 0.2) is 21.1 Å². The monoisotopic (exact) mass is 403 g/mol. The molecule has 1 aliphatic carbocycles. The van der Waals surface area contributed by atoms with Gasteiger partial charge in [-0.15, -0.1) is 0 Å². The number of hydrogen-bond donors (Lipinski definition) is 1. The number of phenolic OH excluding ortho intramolecular Hbond substituents is 1. The lowest BCUT2D eigenvalue weighted by atomic mass is 9.93. The molecule has 1 saturated carbocycles. The second kappa shape index (κ2) is 7.81. The first kappa shape index (κ1) is 16.3. The Morgan fingerprint density at radius 3 is 2.30 bits per heavy atom. The summed E-state index contributed by atoms with van der Waals surface area (Å²) in [5.41, 5.74) is 1.25. The fourth-order valence-electron chi connectivity index (χ4n) is 3.07. The molecule has 0 aliphatic heterocycles. The summed E-state index contributed by atoms with van der Waals surface area (Å²) in [7, 11) is 0. The second-order valence-electron chi connectivity index (χ2n) is 5.67. The topological polar surface area (TPSA) is 23.5 Å². The zero-order valence-electron chi connectivity index (χ0n) is 12.0. The van der Waals surface area contributed by atoms with Crippen molar-refractivity contribution in [1.82, 2.24) is 4.90 Å². The highest BCUT2D eigenvalue weighted by atomic mass is 79.9. The van der Waals surface area contributed by atoms with Gasteiger partial charge >= 0.3 is 0 Å². The predicted octanol–water partition coefficient (Wildman–Crippen LogP) is 5.46. The molecule has 1 aliphatic rings. The van der Waals surface area contributed by atoms with Crippen LogP contribution in [0.5, 0.6) is 5.75 Å². The van der Waals surface area contributed by atoms with Gasteiger partial charge in [-0.25, -0.2) is 0 Å². The summed E-state index contributed by atoms with van der Waals surface area (Å²) in [4.78, 5) is 2.62. The second-order valence-corrected chi connectivity index (χ2v) is 7.38. The highest BCUT2D eigenvalue weighted by molar-refractivity contribution is 9.11. The molecule has 1 fully saturated rings. The van der Waals surface area contributed by atoms with Gasteiger partial charge in [0, 0.05) is 12.6 Å². The molecule has 0 aromatic heterocycles. The number of hydrogen-bond acceptors (Lipinski definition) is 2. The molecule has 2 rings (SSSR count). The summed E-state index contributed by atoms with van der Waals surface area (Å²) >= 11 is 6.85. The third-order valence-corrected chi connectivity index (χ3v) is 5.27. The maximum atomic E-state index is 9.81. The smallest absolute Gasteiger partial charge is 0.143 e. The average molecular weight is 405 g/mol. The highest BCUT2D eigenvalue weighted by Gasteiger charge is 2.21. The Kier molecular flexibility index (Phi) is 6.37. The lowest BCUT2D eigenvalue weighted by molar-refractivity contribution is 0.148. The van der Waals surface area contributed by atoms with E-state index in [0.717, 1.165) is 28.1 Å². The van der Waals surface area contributed by atoms with Gasteiger partial charge < -0.3 is 5.11 Å². The summed E-state index contributed by atoms with van der Waals surface area (Å²) in [5, 5.41) is 9.81. The van der Waals surface area contributed by atoms with E-state index in [0.29, 0.717) is 0 Å². The number of phenols is 1. The zero-order chi connectivity index (χ0) is 14.5. The van der Waals surface area contributed by atoms with Crippen molar-refractivity contribution in [2.75, 3.05) is 6.54 Å². The van der Waals surface area contributed by atoms with E-state index >= 15 is 0 Å². The molecule has 1 aromatic carbocycles. The molecule has 0 saturated heterocycles. The van der Waals surface area contributed by atoms with Gasteiger partial charge in [-0.05, 0) is 75.4 Å². The van der Waals surface area contributed by atoms with E-state index in [1.54, 1.807) is 0 Å². The number of benzene rings is 1. The molecule has 0 heterocycles. The largest absolute Gasteiger partial charge is 0.506 e. The minimum Gasteiger partial charge on any atom is -0.506 e. The van der Waals surface area contributed by atoms with Crippen LogP contribution in [-0.4, -0.2) is 22.6 Å². The molecule has 4 heteroatoms. The van der Waals surface area contributed by atoms with Crippen molar-refractivity contribution in [3.05, 3.63) is 26.6 Å². The molecule has 0 atom stereocenters. The lowest BCUT2D eigenvalue weighted by Gasteiger charge is -2.34. The average Bonchev–Trinajstić information content (AvgIpc) is 2.45. The molecule has 0 unspecified atom stereocenters. The minimum absolute atomic E-state index is 0.286. The standard InChI is InChI=1S/C16H23Br2NO/c1-2-8-19(13-6-4-3-5-7-13)11-12-9-14(17)16(20)15(18)10-12/h9-10,13,20H,2-8,11H2,1H3. The molecule has 20 heavy (non-hydrogen) atoms. The van der Waals surface area contributed by atoms with Gasteiger partial charge in [-0.1, -0.05) is 26.2 Å². The summed E-state index contributed by atoms with van der Waals surface area (Å²) in [6.45, 7) is 4.37. The summed E-state index contributed by atoms with van der Waals surface area (Å²) in [6, 6.07) is 4.80. The van der Waals surface area contributed by atoms with Gasteiger partial charge in [-0.2, -0.15) is 0 Å². The lowest BCUT2D eigenvalue weighted by Crippen LogP contribution is -2.36. The molecule has 0 spiro atoms. The van der Waals surface area contributed by atoms with E-state index in [2.05, 4.69) is 43.7 Å². The van der Waals surface area contributed by atoms with Crippen LogP contribution in [0.1, 0.15) is 51.0 Å². The van der Waals surface area contributed by atoms with Gasteiger partial charge in [0.2, 0.25) is 0 Å². The fraction of sp³-hybridized carbons (Fsp3) is 0.625. The first-order chi connectivity index (χ1) is 9.61. The van der Waals surface area contributed by atoms with Crippen LogP contribution in [0.4, 0.5) is 0 Å². The van der Waals surface area contributed by atoms with Gasteiger partial charge in [0.25, 0.3) is 0 Å². The SMILES string of the molecule is CCCN(Cc1cc(Br)c(O)c(Br)c1)C1CCCCC1. The normalized spacial score (nSPS) is 16.8. The Labute approximate surface area is 138 Å². The van der Waals surface area contributed by atoms with Crippen LogP contribution in [0, 0.1) is 0 Å². The van der Waals surface area contributed by atoms with Gasteiger partial charge in [0.15, 0.2) is 0 Å². The Morgan fingerprint density at radius 2 is 1.75 bits per heavy atom. The number of halogens is 2. The van der Waals surface area contributed by atoms with Gasteiger partial charge in [0.05, 0.1) is 8.95 Å². The van der Waals surface area contributed by atoms with Crippen molar-refractivity contribution in [1.29, 1.82) is 0 Å². The van der Waals surface area contributed by atoms with Crippen LogP contribution < -0.4 is 0 Å². The Morgan fingerprint density at radius 1 is 1.15 bits per heavy atom. The molecule has 112 valence electrons. The molecule has 1 N–H and O–H groups in total. The van der Waals surface area contributed by atoms with Gasteiger partial charge in [0.1, 0.15) is 5.75 Å². The fourth-order valence-corrected chi connectivity index (χ4v) is 4.35. The zero-order valence-corrected chi connectivity index (χ0v) is 15.2. The van der Waals surface area contributed by atoms with E-state index in [1.807, 2.05) is 12.1 Å². The van der Waals surface area contributed by atoms with Crippen LogP contribution in [0.2, 0.25) is 0 Å². The number of aromatic hydroxyl groups is 1. The van der Waals surface area contributed by atoms with Gasteiger partial charge in [-0.3, -0.25) is 4.90 Å². The Hall–Kier alpha value is -0.0600. The van der Waals surface area contributed by atoms with E-state index in [4.69, 9.17) is 0 Å². The van der Waals surface area contributed by atoms with E-state index in [9.17, 15) is 5.11 Å². The van der Waals surface area contributed by atoms with Crippen LogP contribution in [0.3, 0.4) is 0 Å². The third-order valence-electron chi connectivity index (χ3n) is 4.06.